The number of hydrogen-bond donors (Lipinski definition) is 0. The van der Waals surface area contributed by atoms with E-state index >= 15 is 0 Å². The van der Waals surface area contributed by atoms with Crippen LogP contribution in [0.1, 0.15) is 28.0 Å². The lowest BCUT2D eigenvalue weighted by Gasteiger charge is -2.07. The van der Waals surface area contributed by atoms with E-state index in [4.69, 9.17) is 5.26 Å². The van der Waals surface area contributed by atoms with Gasteiger partial charge in [-0.15, -0.1) is 0 Å². The molecule has 18 heavy (non-hydrogen) atoms. The highest BCUT2D eigenvalue weighted by Crippen LogP contribution is 2.29. The van der Waals surface area contributed by atoms with E-state index in [2.05, 4.69) is 9.72 Å². The van der Waals surface area contributed by atoms with Crippen LogP contribution in [0.4, 0.5) is 14.5 Å². The van der Waals surface area contributed by atoms with E-state index in [0.29, 0.717) is 6.20 Å². The summed E-state index contributed by atoms with van der Waals surface area (Å²) in [7, 11) is 0.900. The van der Waals surface area contributed by atoms with Crippen LogP contribution in [0.25, 0.3) is 0 Å². The maximum atomic E-state index is 12.6. The summed E-state index contributed by atoms with van der Waals surface area (Å²) in [5, 5.41) is 19.4. The summed E-state index contributed by atoms with van der Waals surface area (Å²) in [5.41, 5.74) is -3.53. The number of rotatable bonds is 3. The van der Waals surface area contributed by atoms with Crippen molar-refractivity contribution in [1.29, 1.82) is 5.26 Å². The molecular formula is C9H5F2N3O4. The van der Waals surface area contributed by atoms with Gasteiger partial charge in [-0.05, 0) is 0 Å². The number of carbonyl (C=O) groups is 1. The molecule has 1 aromatic rings. The van der Waals surface area contributed by atoms with Crippen LogP contribution in [0.5, 0.6) is 0 Å². The Bertz CT molecular complexity index is 553. The van der Waals surface area contributed by atoms with Crippen LogP contribution in [0, 0.1) is 21.4 Å². The van der Waals surface area contributed by atoms with E-state index < -0.39 is 39.8 Å². The van der Waals surface area contributed by atoms with Gasteiger partial charge in [-0.1, -0.05) is 0 Å². The van der Waals surface area contributed by atoms with Gasteiger partial charge in [0.15, 0.2) is 0 Å². The van der Waals surface area contributed by atoms with Gasteiger partial charge < -0.3 is 4.74 Å². The Morgan fingerprint density at radius 1 is 1.67 bits per heavy atom. The number of aromatic nitrogens is 1. The number of nitriles is 1. The second kappa shape index (κ2) is 5.13. The highest BCUT2D eigenvalue weighted by Gasteiger charge is 2.30. The fraction of sp³-hybridized carbons (Fsp3) is 0.222. The predicted molar refractivity (Wildman–Crippen MR) is 51.9 cm³/mol. The van der Waals surface area contributed by atoms with Crippen molar-refractivity contribution in [2.24, 2.45) is 0 Å². The molecule has 0 spiro atoms. The van der Waals surface area contributed by atoms with Gasteiger partial charge in [-0.25, -0.2) is 18.6 Å². The molecule has 0 fully saturated rings. The molecule has 1 aromatic heterocycles. The lowest BCUT2D eigenvalue weighted by Crippen LogP contribution is -2.12. The molecule has 0 radical (unpaired) electrons. The van der Waals surface area contributed by atoms with Gasteiger partial charge in [-0.2, -0.15) is 5.26 Å². The molecule has 0 bridgehead atoms. The monoisotopic (exact) mass is 257 g/mol. The van der Waals surface area contributed by atoms with Crippen molar-refractivity contribution in [3.63, 3.8) is 0 Å². The molecule has 0 aliphatic rings. The van der Waals surface area contributed by atoms with Crippen LogP contribution < -0.4 is 0 Å². The van der Waals surface area contributed by atoms with Crippen LogP contribution in [0.3, 0.4) is 0 Å². The summed E-state index contributed by atoms with van der Waals surface area (Å²) < 4.78 is 29.5. The average Bonchev–Trinajstić information content (AvgIpc) is 2.35. The van der Waals surface area contributed by atoms with Gasteiger partial charge in [0, 0.05) is 0 Å². The zero-order chi connectivity index (χ0) is 13.9. The van der Waals surface area contributed by atoms with Crippen LogP contribution in [0.15, 0.2) is 6.20 Å². The Balaban J connectivity index is 3.68. The first-order valence-corrected chi connectivity index (χ1v) is 4.37. The van der Waals surface area contributed by atoms with Crippen molar-refractivity contribution in [1.82, 2.24) is 4.98 Å². The second-order valence-electron chi connectivity index (χ2n) is 2.94. The van der Waals surface area contributed by atoms with Crippen LogP contribution >= 0.6 is 0 Å². The third kappa shape index (κ3) is 2.22. The zero-order valence-corrected chi connectivity index (χ0v) is 8.89. The number of hydrogen-bond acceptors (Lipinski definition) is 6. The van der Waals surface area contributed by atoms with Gasteiger partial charge in [0.2, 0.25) is 0 Å². The number of pyridine rings is 1. The van der Waals surface area contributed by atoms with Crippen molar-refractivity contribution in [3.8, 4) is 6.07 Å². The molecule has 0 amide bonds. The molecule has 7 nitrogen and oxygen atoms in total. The first-order chi connectivity index (χ1) is 8.43. The third-order valence-corrected chi connectivity index (χ3v) is 1.99. The maximum Gasteiger partial charge on any atom is 0.341 e. The zero-order valence-electron chi connectivity index (χ0n) is 8.89. The Hall–Kier alpha value is -2.63. The Morgan fingerprint density at radius 3 is 2.67 bits per heavy atom. The Morgan fingerprint density at radius 2 is 2.28 bits per heavy atom. The van der Waals surface area contributed by atoms with Gasteiger partial charge in [0.1, 0.15) is 29.1 Å². The Kier molecular flexibility index (Phi) is 3.83. The van der Waals surface area contributed by atoms with Crippen LogP contribution in [-0.4, -0.2) is 23.0 Å². The number of nitrogens with zero attached hydrogens (tertiary/aromatic N) is 3. The van der Waals surface area contributed by atoms with Crippen LogP contribution in [0.2, 0.25) is 0 Å². The quantitative estimate of drug-likeness (QED) is 0.462. The summed E-state index contributed by atoms with van der Waals surface area (Å²) in [6.07, 6.45) is -2.65. The number of esters is 1. The molecule has 0 aliphatic carbocycles. The SMILES string of the molecule is COC(=O)c1c(C(F)F)ncc([N+](=O)[O-])c1C#N. The minimum Gasteiger partial charge on any atom is -0.465 e. The Labute approximate surface area is 98.8 Å². The summed E-state index contributed by atoms with van der Waals surface area (Å²) >= 11 is 0. The van der Waals surface area contributed by atoms with E-state index in [1.54, 1.807) is 0 Å². The average molecular weight is 257 g/mol. The largest absolute Gasteiger partial charge is 0.465 e. The molecule has 1 rings (SSSR count). The number of nitro groups is 1. The van der Waals surface area contributed by atoms with Crippen LogP contribution in [-0.2, 0) is 4.74 Å². The van der Waals surface area contributed by atoms with E-state index in [-0.39, 0.29) is 0 Å². The fourth-order valence-electron chi connectivity index (χ4n) is 1.24. The van der Waals surface area contributed by atoms with Gasteiger partial charge in [-0.3, -0.25) is 10.1 Å². The van der Waals surface area contributed by atoms with E-state index in [9.17, 15) is 23.7 Å². The van der Waals surface area contributed by atoms with Crippen molar-refractivity contribution >= 4 is 11.7 Å². The van der Waals surface area contributed by atoms with Gasteiger partial charge in [0.05, 0.1) is 12.0 Å². The van der Waals surface area contributed by atoms with Crippen molar-refractivity contribution in [3.05, 3.63) is 33.1 Å². The molecular weight excluding hydrogens is 252 g/mol. The molecule has 0 aromatic carbocycles. The fourth-order valence-corrected chi connectivity index (χ4v) is 1.24. The summed E-state index contributed by atoms with van der Waals surface area (Å²) in [6, 6.07) is 1.34. The summed E-state index contributed by atoms with van der Waals surface area (Å²) in [4.78, 5) is 24.1. The molecule has 0 saturated carbocycles. The third-order valence-electron chi connectivity index (χ3n) is 1.99. The molecule has 0 atom stereocenters. The first kappa shape index (κ1) is 13.4. The molecule has 0 N–H and O–H groups in total. The molecule has 1 heterocycles. The number of ether oxygens (including phenoxy) is 1. The van der Waals surface area contributed by atoms with Gasteiger partial charge >= 0.3 is 11.7 Å². The van der Waals surface area contributed by atoms with Gasteiger partial charge in [0.25, 0.3) is 6.43 Å². The highest BCUT2D eigenvalue weighted by molar-refractivity contribution is 5.94. The lowest BCUT2D eigenvalue weighted by molar-refractivity contribution is -0.385. The lowest BCUT2D eigenvalue weighted by atomic mass is 10.1. The molecule has 0 aliphatic heterocycles. The molecule has 9 heteroatoms. The topological polar surface area (TPSA) is 106 Å². The second-order valence-corrected chi connectivity index (χ2v) is 2.94. The number of halogens is 2. The van der Waals surface area contributed by atoms with E-state index in [1.165, 1.54) is 6.07 Å². The van der Waals surface area contributed by atoms with E-state index in [1.807, 2.05) is 0 Å². The maximum absolute atomic E-state index is 12.6. The van der Waals surface area contributed by atoms with E-state index in [0.717, 1.165) is 7.11 Å². The normalized spacial score (nSPS) is 9.94. The summed E-state index contributed by atoms with van der Waals surface area (Å²) in [6.45, 7) is 0. The predicted octanol–water partition coefficient (Wildman–Crippen LogP) is 1.59. The summed E-state index contributed by atoms with van der Waals surface area (Å²) in [5.74, 6) is -1.28. The first-order valence-electron chi connectivity index (χ1n) is 4.37. The number of alkyl halides is 2. The number of methoxy groups -OCH3 is 1. The standard InChI is InChI=1S/C9H5F2N3O4/c1-18-9(15)6-4(2-12)5(14(16)17)3-13-7(6)8(10)11/h3,8H,1H3. The molecule has 0 unspecified atom stereocenters. The van der Waals surface area contributed by atoms with Crippen molar-refractivity contribution in [2.45, 2.75) is 6.43 Å². The number of carbonyl (C=O) groups excluding carboxylic acids is 1. The molecule has 94 valence electrons. The van der Waals surface area contributed by atoms with Crippen molar-refractivity contribution in [2.75, 3.05) is 7.11 Å². The van der Waals surface area contributed by atoms with Crippen molar-refractivity contribution < 1.29 is 23.2 Å². The smallest absolute Gasteiger partial charge is 0.341 e. The minimum absolute atomic E-state index is 0.506. The highest BCUT2D eigenvalue weighted by atomic mass is 19.3. The minimum atomic E-state index is -3.16. The molecule has 0 saturated heterocycles.